The number of nitrogens with zero attached hydrogens (tertiary/aromatic N) is 3. The van der Waals surface area contributed by atoms with Gasteiger partial charge in [0.1, 0.15) is 6.04 Å². The van der Waals surface area contributed by atoms with E-state index in [0.29, 0.717) is 69.6 Å². The van der Waals surface area contributed by atoms with Crippen molar-refractivity contribution >= 4 is 35.0 Å². The van der Waals surface area contributed by atoms with Crippen LogP contribution in [0.4, 0.5) is 5.69 Å². The van der Waals surface area contributed by atoms with E-state index >= 15 is 0 Å². The molecule has 14 nitrogen and oxygen atoms in total. The molecule has 2 bridgehead atoms. The second kappa shape index (κ2) is 14.9. The molecule has 4 N–H and O–H groups in total. The Morgan fingerprint density at radius 3 is 2.57 bits per heavy atom. The van der Waals surface area contributed by atoms with Gasteiger partial charge < -0.3 is 34.5 Å². The first-order valence-electron chi connectivity index (χ1n) is 21.5. The molecule has 6 aliphatic rings. The minimum Gasteiger partial charge on any atom is -0.467 e. The van der Waals surface area contributed by atoms with E-state index in [1.165, 1.54) is 21.1 Å². The molecule has 6 heterocycles. The number of carbonyl (C=O) groups excluding carboxylic acids is 3. The number of methoxy groups -OCH3 is 1. The number of hydrogen-bond acceptors (Lipinski definition) is 13. The average Bonchev–Trinajstić information content (AvgIpc) is 3.92. The van der Waals surface area contributed by atoms with Crippen molar-refractivity contribution in [1.82, 2.24) is 14.8 Å². The zero-order chi connectivity index (χ0) is 42.4. The zero-order valence-electron chi connectivity index (χ0n) is 35.2. The Bertz CT molecular complexity index is 2230. The topological polar surface area (TPSA) is 174 Å². The Labute approximate surface area is 350 Å². The highest BCUT2D eigenvalue weighted by Crippen LogP contribution is 2.68. The molecule has 4 unspecified atom stereocenters. The van der Waals surface area contributed by atoms with Crippen molar-refractivity contribution in [1.29, 1.82) is 0 Å². The van der Waals surface area contributed by atoms with E-state index in [9.17, 15) is 29.7 Å². The number of esters is 2. The Kier molecular flexibility index (Phi) is 10.2. The fraction of sp³-hybridized carbons (Fsp3) is 0.587. The van der Waals surface area contributed by atoms with Gasteiger partial charge in [-0.15, -0.1) is 0 Å². The molecule has 2 saturated heterocycles. The first-order valence-corrected chi connectivity index (χ1v) is 21.5. The summed E-state index contributed by atoms with van der Waals surface area (Å²) in [7, 11) is 2.72. The van der Waals surface area contributed by atoms with Gasteiger partial charge in [0.05, 0.1) is 38.7 Å². The molecular formula is C46H58N4O10. The van der Waals surface area contributed by atoms with Crippen LogP contribution in [0.2, 0.25) is 0 Å². The number of nitrogens with one attached hydrogen (secondary N) is 1. The summed E-state index contributed by atoms with van der Waals surface area (Å²) in [6.45, 7) is 8.68. The number of aliphatic hydroxyl groups is 3. The summed E-state index contributed by atoms with van der Waals surface area (Å²) < 4.78 is 17.4. The number of carbonyl (C=O) groups is 3. The van der Waals surface area contributed by atoms with Gasteiger partial charge in [-0.25, -0.2) is 9.86 Å². The van der Waals surface area contributed by atoms with E-state index in [1.54, 1.807) is 5.06 Å². The smallest absolute Gasteiger partial charge is 0.344 e. The van der Waals surface area contributed by atoms with Crippen LogP contribution in [0.25, 0.3) is 10.9 Å². The van der Waals surface area contributed by atoms with Gasteiger partial charge in [0, 0.05) is 72.5 Å². The summed E-state index contributed by atoms with van der Waals surface area (Å²) in [5.41, 5.74) is 0.599. The van der Waals surface area contributed by atoms with Crippen LogP contribution in [-0.4, -0.2) is 131 Å². The number of anilines is 1. The predicted octanol–water partition coefficient (Wildman–Crippen LogP) is 3.60. The summed E-state index contributed by atoms with van der Waals surface area (Å²) in [5, 5.41) is 39.7. The molecule has 3 fully saturated rings. The maximum Gasteiger partial charge on any atom is 0.344 e. The highest BCUT2D eigenvalue weighted by molar-refractivity contribution is 5.87. The van der Waals surface area contributed by atoms with Gasteiger partial charge in [0.25, 0.3) is 6.47 Å². The second-order valence-electron chi connectivity index (χ2n) is 18.2. The Hall–Kier alpha value is -4.31. The molecule has 3 aromatic rings. The third-order valence-electron chi connectivity index (χ3n) is 15.6. The highest BCUT2D eigenvalue weighted by atomic mass is 16.7. The van der Waals surface area contributed by atoms with Crippen molar-refractivity contribution in [3.63, 3.8) is 0 Å². The van der Waals surface area contributed by atoms with Crippen LogP contribution in [0.1, 0.15) is 86.2 Å². The Morgan fingerprint density at radius 1 is 1.07 bits per heavy atom. The molecule has 5 aliphatic heterocycles. The van der Waals surface area contributed by atoms with Crippen molar-refractivity contribution < 1.29 is 48.8 Å². The summed E-state index contributed by atoms with van der Waals surface area (Å²) in [6.07, 6.45) is 5.47. The van der Waals surface area contributed by atoms with Crippen molar-refractivity contribution in [2.75, 3.05) is 58.6 Å². The lowest BCUT2D eigenvalue weighted by Gasteiger charge is -2.63. The predicted molar refractivity (Wildman–Crippen MR) is 221 cm³/mol. The number of ether oxygens (including phenoxy) is 3. The van der Waals surface area contributed by atoms with Gasteiger partial charge in [-0.2, -0.15) is 0 Å². The van der Waals surface area contributed by atoms with E-state index in [-0.39, 0.29) is 31.1 Å². The maximum absolute atomic E-state index is 14.4. The van der Waals surface area contributed by atoms with E-state index in [0.717, 1.165) is 46.3 Å². The van der Waals surface area contributed by atoms with Crippen molar-refractivity contribution in [2.24, 2.45) is 11.3 Å². The van der Waals surface area contributed by atoms with E-state index in [1.807, 2.05) is 44.2 Å². The molecule has 60 heavy (non-hydrogen) atoms. The summed E-state index contributed by atoms with van der Waals surface area (Å²) in [5.74, 6) is -2.50. The molecule has 11 atom stereocenters. The minimum absolute atomic E-state index is 0.0568. The van der Waals surface area contributed by atoms with Crippen molar-refractivity contribution in [2.45, 2.75) is 106 Å². The van der Waals surface area contributed by atoms with Crippen LogP contribution in [0, 0.1) is 11.3 Å². The molecule has 2 aromatic carbocycles. The molecule has 1 saturated carbocycles. The minimum atomic E-state index is -2.40. The lowest BCUT2D eigenvalue weighted by atomic mass is 9.47. The maximum atomic E-state index is 14.4. The SMILES string of the molecule is CC[C@]1(O)CC2CN(CCc3c([nH]c4ccccc34)[C@H](COC=O)C2c2cc3c(cc2CO)N(OC)[C@@H]2[C@]34CCN3CC=C[C@@](CC)(C(OC(C)=O)[C@]2(O)C(=O)OC)[C@H]34)C1. The van der Waals surface area contributed by atoms with E-state index in [2.05, 4.69) is 33.0 Å². The molecule has 0 radical (unpaired) electrons. The summed E-state index contributed by atoms with van der Waals surface area (Å²) in [4.78, 5) is 54.3. The largest absolute Gasteiger partial charge is 0.467 e. The standard InChI is InChI=1S/C46H58N4O10/c1-6-43(55)21-29-22-48(25-43)17-13-31-30-11-8-9-12-35(30)47-38(31)33(24-59-26-52)37(29)32-20-34-36(19-28(32)23-51)50(58-5)40-45(34)15-18-49-16-10-14-44(7-2,39(45)49)41(60-27(3)53)46(40,56)42(54)57-4/h8-12,14,19-20,26,29,33,37,39-41,47,51,55-56H,6-7,13,15-18,21-25H2,1-5H3/t29?,33-,37?,39+,40-,41?,43+,44-,45-,46+/m1/s1. The third-order valence-corrected chi connectivity index (χ3v) is 15.6. The van der Waals surface area contributed by atoms with Crippen LogP contribution in [-0.2, 0) is 51.9 Å². The number of hydrogen-bond donors (Lipinski definition) is 4. The fourth-order valence-corrected chi connectivity index (χ4v) is 13.4. The number of para-hydroxylation sites is 1. The number of aromatic amines is 1. The van der Waals surface area contributed by atoms with Gasteiger partial charge in [-0.1, -0.05) is 50.3 Å². The monoisotopic (exact) mass is 826 g/mol. The van der Waals surface area contributed by atoms with Crippen molar-refractivity contribution in [3.8, 4) is 0 Å². The summed E-state index contributed by atoms with van der Waals surface area (Å²) >= 11 is 0. The molecule has 14 heteroatoms. The molecule has 1 aliphatic carbocycles. The number of piperidine rings is 1. The van der Waals surface area contributed by atoms with Gasteiger partial charge in [0.2, 0.25) is 5.60 Å². The van der Waals surface area contributed by atoms with Crippen LogP contribution in [0.3, 0.4) is 0 Å². The highest BCUT2D eigenvalue weighted by Gasteiger charge is 2.81. The Morgan fingerprint density at radius 2 is 1.87 bits per heavy atom. The lowest BCUT2D eigenvalue weighted by Crippen LogP contribution is -2.81. The quantitative estimate of drug-likeness (QED) is 0.101. The average molecular weight is 827 g/mol. The lowest BCUT2D eigenvalue weighted by molar-refractivity contribution is -0.234. The number of hydroxylamine groups is 1. The van der Waals surface area contributed by atoms with Gasteiger partial charge in [-0.05, 0) is 84.9 Å². The van der Waals surface area contributed by atoms with Crippen molar-refractivity contribution in [3.05, 3.63) is 76.5 Å². The van der Waals surface area contributed by atoms with Crippen LogP contribution in [0.15, 0.2) is 48.6 Å². The molecule has 9 rings (SSSR count). The van der Waals surface area contributed by atoms with Crippen LogP contribution >= 0.6 is 0 Å². The van der Waals surface area contributed by atoms with E-state index < -0.39 is 52.0 Å². The third kappa shape index (κ3) is 5.63. The Balaban J connectivity index is 1.34. The number of fused-ring (bicyclic) bond motifs is 6. The number of rotatable bonds is 10. The second-order valence-corrected chi connectivity index (χ2v) is 18.2. The van der Waals surface area contributed by atoms with Gasteiger partial charge in [-0.3, -0.25) is 24.2 Å². The zero-order valence-corrected chi connectivity index (χ0v) is 35.2. The number of benzene rings is 2. The number of aliphatic hydroxyl groups excluding tert-OH is 1. The normalized spacial score (nSPS) is 36.6. The number of H-pyrrole nitrogens is 1. The van der Waals surface area contributed by atoms with Gasteiger partial charge >= 0.3 is 11.9 Å². The first kappa shape index (κ1) is 41.1. The fourth-order valence-electron chi connectivity index (χ4n) is 13.4. The molecule has 322 valence electrons. The van der Waals surface area contributed by atoms with Crippen LogP contribution < -0.4 is 5.06 Å². The van der Waals surface area contributed by atoms with Gasteiger partial charge in [0.15, 0.2) is 6.10 Å². The first-order chi connectivity index (χ1) is 28.9. The molecule has 1 spiro atoms. The molecule has 0 amide bonds. The molecular weight excluding hydrogens is 769 g/mol. The number of aromatic nitrogens is 1. The summed E-state index contributed by atoms with van der Waals surface area (Å²) in [6, 6.07) is 10.8. The molecule has 1 aromatic heterocycles. The van der Waals surface area contributed by atoms with Crippen LogP contribution in [0.5, 0.6) is 0 Å². The van der Waals surface area contributed by atoms with E-state index in [4.69, 9.17) is 19.0 Å².